The Morgan fingerprint density at radius 1 is 0.971 bits per heavy atom. The molecule has 0 radical (unpaired) electrons. The molecule has 5 atom stereocenters. The summed E-state index contributed by atoms with van der Waals surface area (Å²) in [5.41, 5.74) is 3.32. The number of quaternary nitrogens is 2. The monoisotopic (exact) mass is 481 g/mol. The SMILES string of the molecule is O=C(C[C@H]1CC[NH2+]C[C@@H]1CC1CC(C2CCC(F)CC2)ON1)N1CCN(C2CCCC[NH2+]2)CC1. The standard InChI is InChI=1S/C26H46FN5O2/c27-22-6-4-19(5-7-22)24-17-23(30-34-24)15-21-18-28-10-8-20(21)16-26(33)32-13-11-31(12-14-32)25-3-1-2-9-29-25/h19-25,28-30H,1-18H2/p+2/t19?,20-,21+,22?,23?,24?,25?/m1/s1. The van der Waals surface area contributed by atoms with Crippen molar-refractivity contribution in [2.24, 2.45) is 17.8 Å². The summed E-state index contributed by atoms with van der Waals surface area (Å²) >= 11 is 0. The number of piperidine rings is 2. The molecule has 5 rings (SSSR count). The number of carbonyl (C=O) groups is 1. The zero-order valence-corrected chi connectivity index (χ0v) is 21.0. The van der Waals surface area contributed by atoms with Crippen molar-refractivity contribution >= 4 is 5.91 Å². The average Bonchev–Trinajstić information content (AvgIpc) is 3.35. The molecule has 5 aliphatic rings. The van der Waals surface area contributed by atoms with Crippen LogP contribution in [0.2, 0.25) is 0 Å². The molecule has 194 valence electrons. The normalized spacial score (nSPS) is 40.4. The summed E-state index contributed by atoms with van der Waals surface area (Å²) in [5, 5.41) is 4.93. The van der Waals surface area contributed by atoms with Gasteiger partial charge >= 0.3 is 0 Å². The molecule has 0 bridgehead atoms. The summed E-state index contributed by atoms with van der Waals surface area (Å²) in [6, 6.07) is 0.373. The third kappa shape index (κ3) is 6.30. The van der Waals surface area contributed by atoms with Crippen molar-refractivity contribution in [2.45, 2.75) is 95.1 Å². The first-order chi connectivity index (χ1) is 16.7. The predicted molar refractivity (Wildman–Crippen MR) is 128 cm³/mol. The van der Waals surface area contributed by atoms with Gasteiger partial charge in [-0.15, -0.1) is 0 Å². The maximum atomic E-state index is 13.5. The van der Waals surface area contributed by atoms with E-state index in [4.69, 9.17) is 4.84 Å². The predicted octanol–water partition coefficient (Wildman–Crippen LogP) is 0.374. The molecule has 8 heteroatoms. The molecule has 4 heterocycles. The number of halogens is 1. The first kappa shape index (κ1) is 24.9. The maximum Gasteiger partial charge on any atom is 0.222 e. The summed E-state index contributed by atoms with van der Waals surface area (Å²) in [6.45, 7) is 7.38. The summed E-state index contributed by atoms with van der Waals surface area (Å²) in [7, 11) is 0. The largest absolute Gasteiger partial charge is 0.346 e. The quantitative estimate of drug-likeness (QED) is 0.513. The Morgan fingerprint density at radius 3 is 2.56 bits per heavy atom. The van der Waals surface area contributed by atoms with Gasteiger partial charge in [0.15, 0.2) is 0 Å². The van der Waals surface area contributed by atoms with Crippen LogP contribution in [0.5, 0.6) is 0 Å². The van der Waals surface area contributed by atoms with E-state index in [1.165, 1.54) is 25.8 Å². The molecule has 0 aromatic rings. The number of hydrogen-bond acceptors (Lipinski definition) is 4. The topological polar surface area (TPSA) is 78.0 Å². The molecule has 0 spiro atoms. The molecular weight excluding hydrogens is 433 g/mol. The van der Waals surface area contributed by atoms with Crippen LogP contribution in [0.15, 0.2) is 0 Å². The third-order valence-electron chi connectivity index (χ3n) is 9.56. The molecule has 0 aromatic carbocycles. The minimum atomic E-state index is -0.606. The van der Waals surface area contributed by atoms with Crippen LogP contribution in [-0.4, -0.2) is 86.0 Å². The number of rotatable bonds is 6. The van der Waals surface area contributed by atoms with E-state index in [-0.39, 0.29) is 6.10 Å². The lowest BCUT2D eigenvalue weighted by Crippen LogP contribution is -2.95. The number of carbonyl (C=O) groups excluding carboxylic acids is 1. The van der Waals surface area contributed by atoms with Crippen molar-refractivity contribution in [3.8, 4) is 0 Å². The van der Waals surface area contributed by atoms with Crippen LogP contribution in [-0.2, 0) is 9.63 Å². The number of nitrogens with two attached hydrogens (primary N) is 2. The Bertz CT molecular complexity index is 647. The Morgan fingerprint density at radius 2 is 1.79 bits per heavy atom. The molecule has 34 heavy (non-hydrogen) atoms. The van der Waals surface area contributed by atoms with E-state index >= 15 is 0 Å². The molecule has 7 nitrogen and oxygen atoms in total. The van der Waals surface area contributed by atoms with Gasteiger partial charge < -0.3 is 15.5 Å². The lowest BCUT2D eigenvalue weighted by Gasteiger charge is -2.40. The molecule has 1 saturated carbocycles. The second kappa shape index (κ2) is 12.0. The van der Waals surface area contributed by atoms with Gasteiger partial charge in [-0.3, -0.25) is 14.5 Å². The minimum Gasteiger partial charge on any atom is -0.346 e. The van der Waals surface area contributed by atoms with Gasteiger partial charge in [0.1, 0.15) is 12.3 Å². The van der Waals surface area contributed by atoms with Crippen LogP contribution in [0, 0.1) is 17.8 Å². The minimum absolute atomic E-state index is 0.239. The summed E-state index contributed by atoms with van der Waals surface area (Å²) in [5.74, 6) is 1.94. The molecule has 4 aliphatic heterocycles. The number of piperazine rings is 1. The summed E-state index contributed by atoms with van der Waals surface area (Å²) < 4.78 is 13.5. The van der Waals surface area contributed by atoms with Gasteiger partial charge in [0.2, 0.25) is 5.91 Å². The maximum absolute atomic E-state index is 13.5. The highest BCUT2D eigenvalue weighted by molar-refractivity contribution is 5.76. The first-order valence-electron chi connectivity index (χ1n) is 14.4. The van der Waals surface area contributed by atoms with Gasteiger partial charge in [-0.1, -0.05) is 0 Å². The Kier molecular flexibility index (Phi) is 8.75. The molecule has 1 aliphatic carbocycles. The fourth-order valence-corrected chi connectivity index (χ4v) is 7.37. The van der Waals surface area contributed by atoms with E-state index in [0.29, 0.717) is 55.1 Å². The highest BCUT2D eigenvalue weighted by Gasteiger charge is 2.39. The van der Waals surface area contributed by atoms with Gasteiger partial charge in [0.25, 0.3) is 0 Å². The van der Waals surface area contributed by atoms with E-state index in [1.807, 2.05) is 0 Å². The third-order valence-corrected chi connectivity index (χ3v) is 9.56. The van der Waals surface area contributed by atoms with Crippen molar-refractivity contribution < 1.29 is 24.7 Å². The Balaban J connectivity index is 1.07. The second-order valence-electron chi connectivity index (χ2n) is 11.8. The second-order valence-corrected chi connectivity index (χ2v) is 11.8. The van der Waals surface area contributed by atoms with Crippen LogP contribution >= 0.6 is 0 Å². The first-order valence-corrected chi connectivity index (χ1v) is 14.4. The van der Waals surface area contributed by atoms with Crippen molar-refractivity contribution in [3.63, 3.8) is 0 Å². The van der Waals surface area contributed by atoms with Gasteiger partial charge in [-0.2, -0.15) is 5.48 Å². The Hall–Kier alpha value is -0.800. The molecule has 5 N–H and O–H groups in total. The van der Waals surface area contributed by atoms with Crippen LogP contribution in [0.3, 0.4) is 0 Å². The summed E-state index contributed by atoms with van der Waals surface area (Å²) in [4.78, 5) is 24.0. The van der Waals surface area contributed by atoms with E-state index < -0.39 is 6.17 Å². The number of amides is 1. The van der Waals surface area contributed by atoms with Crippen molar-refractivity contribution in [2.75, 3.05) is 45.8 Å². The average molecular weight is 482 g/mol. The lowest BCUT2D eigenvalue weighted by molar-refractivity contribution is -0.717. The van der Waals surface area contributed by atoms with E-state index in [9.17, 15) is 9.18 Å². The van der Waals surface area contributed by atoms with E-state index in [1.54, 1.807) is 0 Å². The van der Waals surface area contributed by atoms with Crippen LogP contribution in [0.1, 0.15) is 70.6 Å². The van der Waals surface area contributed by atoms with E-state index in [0.717, 1.165) is 71.4 Å². The van der Waals surface area contributed by atoms with Crippen molar-refractivity contribution in [1.82, 2.24) is 15.3 Å². The molecule has 0 aromatic heterocycles. The van der Waals surface area contributed by atoms with Crippen molar-refractivity contribution in [3.05, 3.63) is 0 Å². The van der Waals surface area contributed by atoms with Gasteiger partial charge in [-0.05, 0) is 63.2 Å². The van der Waals surface area contributed by atoms with Crippen LogP contribution in [0.25, 0.3) is 0 Å². The van der Waals surface area contributed by atoms with Gasteiger partial charge in [-0.25, -0.2) is 4.39 Å². The number of nitrogens with one attached hydrogen (secondary N) is 1. The zero-order valence-electron chi connectivity index (χ0n) is 21.0. The highest BCUT2D eigenvalue weighted by atomic mass is 19.1. The van der Waals surface area contributed by atoms with Crippen molar-refractivity contribution in [1.29, 1.82) is 0 Å². The smallest absolute Gasteiger partial charge is 0.222 e. The van der Waals surface area contributed by atoms with E-state index in [2.05, 4.69) is 25.9 Å². The zero-order chi connectivity index (χ0) is 23.3. The number of alkyl halides is 1. The molecular formula is C26H48FN5O2+2. The highest BCUT2D eigenvalue weighted by Crippen LogP contribution is 2.35. The number of hydrogen-bond donors (Lipinski definition) is 3. The van der Waals surface area contributed by atoms with Gasteiger partial charge in [0.05, 0.1) is 25.7 Å². The molecule has 1 amide bonds. The fraction of sp³-hybridized carbons (Fsp3) is 0.962. The van der Waals surface area contributed by atoms with Gasteiger partial charge in [0, 0.05) is 57.4 Å². The van der Waals surface area contributed by atoms with Crippen LogP contribution in [0.4, 0.5) is 4.39 Å². The molecule has 3 unspecified atom stereocenters. The Labute approximate surface area is 204 Å². The molecule has 5 fully saturated rings. The fourth-order valence-electron chi connectivity index (χ4n) is 7.37. The number of hydroxylamine groups is 1. The number of nitrogens with zero attached hydrogens (tertiary/aromatic N) is 2. The summed E-state index contributed by atoms with van der Waals surface area (Å²) in [6.07, 6.45) is 11.6. The molecule has 4 saturated heterocycles. The lowest BCUT2D eigenvalue weighted by atomic mass is 9.78. The van der Waals surface area contributed by atoms with Crippen LogP contribution < -0.4 is 16.1 Å².